The van der Waals surface area contributed by atoms with Crippen LogP contribution in [0.5, 0.6) is 0 Å². The van der Waals surface area contributed by atoms with Crippen LogP contribution in [0, 0.1) is 5.82 Å². The molecule has 0 atom stereocenters. The molecular formula is C23H15F4N3OS. The maximum atomic E-state index is 13.4. The minimum absolute atomic E-state index is 0.0385. The molecule has 0 amide bonds. The van der Waals surface area contributed by atoms with Gasteiger partial charge in [-0.1, -0.05) is 54.2 Å². The molecule has 0 bridgehead atoms. The summed E-state index contributed by atoms with van der Waals surface area (Å²) in [5, 5.41) is 8.74. The van der Waals surface area contributed by atoms with Gasteiger partial charge in [0.05, 0.1) is 11.3 Å². The predicted molar refractivity (Wildman–Crippen MR) is 113 cm³/mol. The molecule has 0 fully saturated rings. The quantitative estimate of drug-likeness (QED) is 0.200. The van der Waals surface area contributed by atoms with E-state index in [0.29, 0.717) is 16.7 Å². The molecule has 0 saturated carbocycles. The van der Waals surface area contributed by atoms with Crippen molar-refractivity contribution in [3.8, 4) is 17.1 Å². The number of ketones is 1. The smallest absolute Gasteiger partial charge is 0.293 e. The van der Waals surface area contributed by atoms with Gasteiger partial charge >= 0.3 is 6.18 Å². The molecule has 0 aliphatic carbocycles. The van der Waals surface area contributed by atoms with Gasteiger partial charge in [-0.15, -0.1) is 10.2 Å². The first-order valence-electron chi connectivity index (χ1n) is 9.43. The number of carbonyl (C=O) groups is 1. The summed E-state index contributed by atoms with van der Waals surface area (Å²) in [4.78, 5) is 12.6. The molecule has 3 aromatic carbocycles. The molecule has 0 spiro atoms. The Bertz CT molecular complexity index is 1240. The van der Waals surface area contributed by atoms with Crippen LogP contribution in [0.15, 0.2) is 84.0 Å². The van der Waals surface area contributed by atoms with Crippen LogP contribution in [-0.4, -0.2) is 26.3 Å². The second kappa shape index (κ2) is 8.96. The maximum absolute atomic E-state index is 13.4. The summed E-state index contributed by atoms with van der Waals surface area (Å²) in [6, 6.07) is 19.2. The molecule has 0 aliphatic heterocycles. The minimum Gasteiger partial charge on any atom is -0.293 e. The van der Waals surface area contributed by atoms with E-state index in [9.17, 15) is 22.4 Å². The lowest BCUT2D eigenvalue weighted by molar-refractivity contribution is -0.137. The molecule has 4 rings (SSSR count). The van der Waals surface area contributed by atoms with Crippen LogP contribution in [0.25, 0.3) is 17.1 Å². The third-order valence-corrected chi connectivity index (χ3v) is 5.52. The van der Waals surface area contributed by atoms with E-state index in [-0.39, 0.29) is 11.3 Å². The first kappa shape index (κ1) is 21.8. The van der Waals surface area contributed by atoms with Gasteiger partial charge < -0.3 is 0 Å². The highest BCUT2D eigenvalue weighted by Gasteiger charge is 2.31. The van der Waals surface area contributed by atoms with Gasteiger partial charge in [-0.05, 0) is 36.4 Å². The number of Topliss-reactive ketones (excluding diaryl/α,β-unsaturated/α-hetero) is 1. The second-order valence-electron chi connectivity index (χ2n) is 6.77. The van der Waals surface area contributed by atoms with Gasteiger partial charge in [0.25, 0.3) is 0 Å². The van der Waals surface area contributed by atoms with E-state index in [1.807, 2.05) is 30.3 Å². The Balaban J connectivity index is 1.64. The Morgan fingerprint density at radius 2 is 1.62 bits per heavy atom. The standard InChI is InChI=1S/C23H15F4N3OS/c24-18-9-11-19(12-10-18)30-21(15-5-2-1-3-6-15)28-29-22(30)32-14-20(31)16-7-4-8-17(13-16)23(25,26)27/h1-13H,14H2. The Hall–Kier alpha value is -3.46. The molecule has 1 heterocycles. The van der Waals surface area contributed by atoms with Crippen molar-refractivity contribution in [3.05, 3.63) is 95.8 Å². The summed E-state index contributed by atoms with van der Waals surface area (Å²) in [6.45, 7) is 0. The lowest BCUT2D eigenvalue weighted by atomic mass is 10.1. The molecule has 4 aromatic rings. The summed E-state index contributed by atoms with van der Waals surface area (Å²) < 4.78 is 54.0. The topological polar surface area (TPSA) is 47.8 Å². The number of benzene rings is 3. The summed E-state index contributed by atoms with van der Waals surface area (Å²) >= 11 is 1.04. The van der Waals surface area contributed by atoms with Gasteiger partial charge in [0.15, 0.2) is 16.8 Å². The van der Waals surface area contributed by atoms with Crippen molar-refractivity contribution in [2.24, 2.45) is 0 Å². The van der Waals surface area contributed by atoms with Crippen molar-refractivity contribution in [1.29, 1.82) is 0 Å². The number of aromatic nitrogens is 3. The minimum atomic E-state index is -4.53. The number of hydrogen-bond acceptors (Lipinski definition) is 4. The summed E-state index contributed by atoms with van der Waals surface area (Å²) in [5.74, 6) is -0.533. The molecule has 0 radical (unpaired) electrons. The average molecular weight is 457 g/mol. The molecule has 32 heavy (non-hydrogen) atoms. The monoisotopic (exact) mass is 457 g/mol. The van der Waals surface area contributed by atoms with E-state index >= 15 is 0 Å². The van der Waals surface area contributed by atoms with Crippen molar-refractivity contribution in [3.63, 3.8) is 0 Å². The molecular weight excluding hydrogens is 442 g/mol. The van der Waals surface area contributed by atoms with E-state index in [2.05, 4.69) is 10.2 Å². The van der Waals surface area contributed by atoms with Gasteiger partial charge in [-0.3, -0.25) is 9.36 Å². The molecule has 1 aromatic heterocycles. The third-order valence-electron chi connectivity index (χ3n) is 4.59. The normalized spacial score (nSPS) is 11.5. The largest absolute Gasteiger partial charge is 0.416 e. The summed E-state index contributed by atoms with van der Waals surface area (Å²) in [6.07, 6.45) is -4.53. The molecule has 9 heteroatoms. The van der Waals surface area contributed by atoms with Crippen molar-refractivity contribution < 1.29 is 22.4 Å². The van der Waals surface area contributed by atoms with E-state index in [1.54, 1.807) is 16.7 Å². The zero-order valence-electron chi connectivity index (χ0n) is 16.4. The highest BCUT2D eigenvalue weighted by atomic mass is 32.2. The number of thioether (sulfide) groups is 1. The molecule has 162 valence electrons. The highest BCUT2D eigenvalue weighted by molar-refractivity contribution is 7.99. The van der Waals surface area contributed by atoms with Gasteiger partial charge in [-0.25, -0.2) is 4.39 Å². The summed E-state index contributed by atoms with van der Waals surface area (Å²) in [7, 11) is 0. The zero-order chi connectivity index (χ0) is 22.7. The molecule has 0 unspecified atom stereocenters. The van der Waals surface area contributed by atoms with Gasteiger partial charge in [-0.2, -0.15) is 13.2 Å². The molecule has 0 aliphatic rings. The van der Waals surface area contributed by atoms with Crippen molar-refractivity contribution >= 4 is 17.5 Å². The zero-order valence-corrected chi connectivity index (χ0v) is 17.2. The van der Waals surface area contributed by atoms with E-state index in [0.717, 1.165) is 29.5 Å². The van der Waals surface area contributed by atoms with Crippen molar-refractivity contribution in [2.75, 3.05) is 5.75 Å². The van der Waals surface area contributed by atoms with Crippen LogP contribution in [-0.2, 0) is 6.18 Å². The average Bonchev–Trinajstić information content (AvgIpc) is 3.22. The SMILES string of the molecule is O=C(CSc1nnc(-c2ccccc2)n1-c1ccc(F)cc1)c1cccc(C(F)(F)F)c1. The Labute approximate surface area is 184 Å². The fourth-order valence-corrected chi connectivity index (χ4v) is 3.89. The highest BCUT2D eigenvalue weighted by Crippen LogP contribution is 2.31. The number of nitrogens with zero attached hydrogens (tertiary/aromatic N) is 3. The van der Waals surface area contributed by atoms with E-state index in [1.165, 1.54) is 24.3 Å². The second-order valence-corrected chi connectivity index (χ2v) is 7.72. The van der Waals surface area contributed by atoms with Crippen molar-refractivity contribution in [2.45, 2.75) is 11.3 Å². The van der Waals surface area contributed by atoms with Crippen LogP contribution in [0.3, 0.4) is 0 Å². The van der Waals surface area contributed by atoms with Crippen LogP contribution in [0.2, 0.25) is 0 Å². The predicted octanol–water partition coefficient (Wildman–Crippen LogP) is 6.07. The van der Waals surface area contributed by atoms with Crippen LogP contribution < -0.4 is 0 Å². The molecule has 0 saturated heterocycles. The van der Waals surface area contributed by atoms with E-state index < -0.39 is 23.3 Å². The lowest BCUT2D eigenvalue weighted by Crippen LogP contribution is -2.09. The Morgan fingerprint density at radius 1 is 0.906 bits per heavy atom. The van der Waals surface area contributed by atoms with Crippen LogP contribution >= 0.6 is 11.8 Å². The summed E-state index contributed by atoms with van der Waals surface area (Å²) in [5.41, 5.74) is 0.433. The van der Waals surface area contributed by atoms with Gasteiger partial charge in [0.1, 0.15) is 5.82 Å². The van der Waals surface area contributed by atoms with E-state index in [4.69, 9.17) is 0 Å². The first-order chi connectivity index (χ1) is 15.3. The lowest BCUT2D eigenvalue weighted by Gasteiger charge is -2.11. The Kier molecular flexibility index (Phi) is 6.09. The number of hydrogen-bond donors (Lipinski definition) is 0. The Morgan fingerprint density at radius 3 is 2.31 bits per heavy atom. The number of alkyl halides is 3. The fraction of sp³-hybridized carbons (Fsp3) is 0.0870. The van der Waals surface area contributed by atoms with Crippen molar-refractivity contribution in [1.82, 2.24) is 14.8 Å². The molecule has 0 N–H and O–H groups in total. The molecule has 4 nitrogen and oxygen atoms in total. The third kappa shape index (κ3) is 4.72. The first-order valence-corrected chi connectivity index (χ1v) is 10.4. The van der Waals surface area contributed by atoms with Gasteiger partial charge in [0, 0.05) is 16.8 Å². The fourth-order valence-electron chi connectivity index (χ4n) is 3.04. The van der Waals surface area contributed by atoms with Gasteiger partial charge in [0.2, 0.25) is 0 Å². The maximum Gasteiger partial charge on any atom is 0.416 e. The number of carbonyl (C=O) groups excluding carboxylic acids is 1. The van der Waals surface area contributed by atoms with Crippen LogP contribution in [0.1, 0.15) is 15.9 Å². The number of halogens is 4. The van der Waals surface area contributed by atoms with Crippen LogP contribution in [0.4, 0.5) is 17.6 Å². The number of rotatable bonds is 6.